The van der Waals surface area contributed by atoms with Crippen LogP contribution in [0.5, 0.6) is 0 Å². The second-order valence-corrected chi connectivity index (χ2v) is 7.02. The molecular formula is C19H27N3O4. The summed E-state index contributed by atoms with van der Waals surface area (Å²) in [6.45, 7) is 7.92. The molecule has 142 valence electrons. The molecule has 0 spiro atoms. The Kier molecular flexibility index (Phi) is 6.60. The number of imide groups is 1. The maximum absolute atomic E-state index is 11.8. The first-order chi connectivity index (χ1) is 12.3. The number of urea groups is 1. The monoisotopic (exact) mass is 361 g/mol. The number of rotatable bonds is 7. The molecule has 0 aliphatic heterocycles. The predicted molar refractivity (Wildman–Crippen MR) is 98.5 cm³/mol. The van der Waals surface area contributed by atoms with Crippen LogP contribution in [0.4, 0.5) is 4.79 Å². The molecule has 0 atom stereocenters. The van der Waals surface area contributed by atoms with Gasteiger partial charge in [0.15, 0.2) is 6.61 Å². The summed E-state index contributed by atoms with van der Waals surface area (Å²) in [5.74, 6) is -1.01. The Balaban J connectivity index is 1.78. The van der Waals surface area contributed by atoms with Crippen molar-refractivity contribution in [1.29, 1.82) is 0 Å². The first kappa shape index (κ1) is 19.8. The number of hydrogen-bond acceptors (Lipinski definition) is 4. The summed E-state index contributed by atoms with van der Waals surface area (Å²) in [7, 11) is 0. The molecule has 1 aromatic heterocycles. The van der Waals surface area contributed by atoms with Crippen LogP contribution in [0.3, 0.4) is 0 Å². The van der Waals surface area contributed by atoms with Gasteiger partial charge in [-0.2, -0.15) is 0 Å². The lowest BCUT2D eigenvalue weighted by Gasteiger charge is -2.08. The molecule has 3 amide bonds. The molecule has 1 fully saturated rings. The van der Waals surface area contributed by atoms with Crippen LogP contribution in [0, 0.1) is 19.8 Å². The van der Waals surface area contributed by atoms with Gasteiger partial charge in [0.05, 0.1) is 0 Å². The third-order valence-corrected chi connectivity index (χ3v) is 4.10. The lowest BCUT2D eigenvalue weighted by molar-refractivity contribution is -0.143. The zero-order valence-electron chi connectivity index (χ0n) is 15.8. The van der Waals surface area contributed by atoms with Crippen molar-refractivity contribution in [2.45, 2.75) is 46.6 Å². The van der Waals surface area contributed by atoms with E-state index in [9.17, 15) is 14.4 Å². The van der Waals surface area contributed by atoms with Crippen LogP contribution in [0.25, 0.3) is 6.08 Å². The van der Waals surface area contributed by atoms with Gasteiger partial charge in [-0.3, -0.25) is 10.1 Å². The fourth-order valence-corrected chi connectivity index (χ4v) is 2.71. The molecule has 26 heavy (non-hydrogen) atoms. The third-order valence-electron chi connectivity index (χ3n) is 4.10. The van der Waals surface area contributed by atoms with Gasteiger partial charge in [-0.05, 0) is 50.3 Å². The summed E-state index contributed by atoms with van der Waals surface area (Å²) in [6, 6.07) is 2.01. The van der Waals surface area contributed by atoms with E-state index in [0.717, 1.165) is 11.3 Å². The van der Waals surface area contributed by atoms with Crippen molar-refractivity contribution in [3.05, 3.63) is 29.1 Å². The largest absolute Gasteiger partial charge is 0.452 e. The van der Waals surface area contributed by atoms with Crippen LogP contribution < -0.4 is 10.6 Å². The fraction of sp³-hybridized carbons (Fsp3) is 0.526. The van der Waals surface area contributed by atoms with Gasteiger partial charge in [-0.1, -0.05) is 13.8 Å². The van der Waals surface area contributed by atoms with Crippen LogP contribution in [-0.4, -0.2) is 35.6 Å². The van der Waals surface area contributed by atoms with Gasteiger partial charge >= 0.3 is 12.0 Å². The van der Waals surface area contributed by atoms with Crippen molar-refractivity contribution in [3.8, 4) is 0 Å². The molecule has 0 bridgehead atoms. The van der Waals surface area contributed by atoms with E-state index in [1.54, 1.807) is 6.08 Å². The number of aromatic nitrogens is 1. The van der Waals surface area contributed by atoms with E-state index in [4.69, 9.17) is 4.74 Å². The van der Waals surface area contributed by atoms with Crippen LogP contribution >= 0.6 is 0 Å². The minimum atomic E-state index is -0.667. The predicted octanol–water partition coefficient (Wildman–Crippen LogP) is 2.48. The van der Waals surface area contributed by atoms with E-state index in [1.165, 1.54) is 24.6 Å². The maximum atomic E-state index is 11.8. The van der Waals surface area contributed by atoms with Gasteiger partial charge in [-0.15, -0.1) is 0 Å². The van der Waals surface area contributed by atoms with E-state index < -0.39 is 24.5 Å². The van der Waals surface area contributed by atoms with Crippen molar-refractivity contribution in [2.24, 2.45) is 5.92 Å². The number of ether oxygens (including phenoxy) is 1. The molecule has 1 heterocycles. The summed E-state index contributed by atoms with van der Waals surface area (Å²) in [6.07, 6.45) is 5.38. The zero-order chi connectivity index (χ0) is 19.3. The van der Waals surface area contributed by atoms with Gasteiger partial charge in [-0.25, -0.2) is 9.59 Å². The molecule has 1 aliphatic rings. The average molecular weight is 361 g/mol. The Bertz CT molecular complexity index is 715. The van der Waals surface area contributed by atoms with Gasteiger partial charge in [0.25, 0.3) is 5.91 Å². The summed E-state index contributed by atoms with van der Waals surface area (Å²) < 4.78 is 7.15. The normalized spacial score (nSPS) is 13.9. The van der Waals surface area contributed by atoms with Gasteiger partial charge in [0, 0.05) is 30.1 Å². The maximum Gasteiger partial charge on any atom is 0.331 e. The van der Waals surface area contributed by atoms with E-state index in [1.807, 2.05) is 26.8 Å². The Morgan fingerprint density at radius 1 is 1.31 bits per heavy atom. The summed E-state index contributed by atoms with van der Waals surface area (Å²) >= 11 is 0. The number of nitrogens with one attached hydrogen (secondary N) is 2. The van der Waals surface area contributed by atoms with E-state index in [-0.39, 0.29) is 5.92 Å². The second-order valence-electron chi connectivity index (χ2n) is 7.02. The number of aryl methyl sites for hydroxylation is 1. The Hall–Kier alpha value is -2.57. The van der Waals surface area contributed by atoms with Crippen molar-refractivity contribution < 1.29 is 19.1 Å². The van der Waals surface area contributed by atoms with Crippen molar-refractivity contribution in [2.75, 3.05) is 13.2 Å². The van der Waals surface area contributed by atoms with Gasteiger partial charge in [0.1, 0.15) is 0 Å². The van der Waals surface area contributed by atoms with Crippen molar-refractivity contribution >= 4 is 24.0 Å². The van der Waals surface area contributed by atoms with Gasteiger partial charge < -0.3 is 14.6 Å². The number of hydrogen-bond donors (Lipinski definition) is 2. The van der Waals surface area contributed by atoms with E-state index in [0.29, 0.717) is 12.6 Å². The Morgan fingerprint density at radius 2 is 2.00 bits per heavy atom. The van der Waals surface area contributed by atoms with Gasteiger partial charge in [0.2, 0.25) is 0 Å². The molecule has 0 unspecified atom stereocenters. The molecule has 0 aromatic carbocycles. The smallest absolute Gasteiger partial charge is 0.331 e. The number of carbonyl (C=O) groups excluding carboxylic acids is 3. The van der Waals surface area contributed by atoms with Crippen LogP contribution in [0.15, 0.2) is 12.1 Å². The third kappa shape index (κ3) is 5.75. The first-order valence-electron chi connectivity index (χ1n) is 8.89. The highest BCUT2D eigenvalue weighted by atomic mass is 16.5. The Labute approximate surface area is 153 Å². The van der Waals surface area contributed by atoms with Crippen molar-refractivity contribution in [3.63, 3.8) is 0 Å². The number of carbonyl (C=O) groups is 3. The molecule has 0 radical (unpaired) electrons. The molecule has 7 heteroatoms. The lowest BCUT2D eigenvalue weighted by atomic mass is 10.2. The summed E-state index contributed by atoms with van der Waals surface area (Å²) in [5.41, 5.74) is 3.25. The molecular weight excluding hydrogens is 334 g/mol. The highest BCUT2D eigenvalue weighted by Gasteiger charge is 2.26. The van der Waals surface area contributed by atoms with E-state index >= 15 is 0 Å². The second kappa shape index (κ2) is 8.69. The standard InChI is InChI=1S/C19H27N3O4/c1-12(2)10-20-19(25)21-17(23)11-26-18(24)8-5-15-9-13(3)22(14(15)4)16-6-7-16/h5,8-9,12,16H,6-7,10-11H2,1-4H3,(H2,20,21,23,25)/b8-5+. The average Bonchev–Trinajstić information content (AvgIpc) is 3.35. The molecule has 7 nitrogen and oxygen atoms in total. The van der Waals surface area contributed by atoms with Crippen LogP contribution in [-0.2, 0) is 14.3 Å². The molecule has 2 N–H and O–H groups in total. The molecule has 0 saturated heterocycles. The van der Waals surface area contributed by atoms with Crippen LogP contribution in [0.2, 0.25) is 0 Å². The topological polar surface area (TPSA) is 89.4 Å². The summed E-state index contributed by atoms with van der Waals surface area (Å²) in [4.78, 5) is 34.8. The highest BCUT2D eigenvalue weighted by molar-refractivity contribution is 5.96. The zero-order valence-corrected chi connectivity index (χ0v) is 15.8. The minimum absolute atomic E-state index is 0.278. The fourth-order valence-electron chi connectivity index (χ4n) is 2.71. The number of amides is 3. The molecule has 1 aromatic rings. The minimum Gasteiger partial charge on any atom is -0.452 e. The number of esters is 1. The van der Waals surface area contributed by atoms with E-state index in [2.05, 4.69) is 22.1 Å². The quantitative estimate of drug-likeness (QED) is 0.577. The molecule has 2 rings (SSSR count). The molecule has 1 aliphatic carbocycles. The highest BCUT2D eigenvalue weighted by Crippen LogP contribution is 2.38. The SMILES string of the molecule is Cc1cc(/C=C/C(=O)OCC(=O)NC(=O)NCC(C)C)c(C)n1C1CC1. The summed E-state index contributed by atoms with van der Waals surface area (Å²) in [5, 5.41) is 4.66. The lowest BCUT2D eigenvalue weighted by Crippen LogP contribution is -2.42. The van der Waals surface area contributed by atoms with Crippen LogP contribution in [0.1, 0.15) is 49.7 Å². The van der Waals surface area contributed by atoms with Crippen molar-refractivity contribution in [1.82, 2.24) is 15.2 Å². The molecule has 1 saturated carbocycles. The Morgan fingerprint density at radius 3 is 2.62 bits per heavy atom. The first-order valence-corrected chi connectivity index (χ1v) is 8.89. The number of nitrogens with zero attached hydrogens (tertiary/aromatic N) is 1.